The maximum Gasteiger partial charge on any atom is 0 e. The van der Waals surface area contributed by atoms with Gasteiger partial charge in [0.05, 0.1) is 0 Å². The van der Waals surface area contributed by atoms with Crippen molar-refractivity contribution in [3.8, 4) is 0 Å². The van der Waals surface area contributed by atoms with Crippen LogP contribution in [0.3, 0.4) is 0 Å². The summed E-state index contributed by atoms with van der Waals surface area (Å²) >= 11 is 56.4. The summed E-state index contributed by atoms with van der Waals surface area (Å²) in [6.45, 7) is 58.2. The monoisotopic (exact) mass is 4510 g/mol. The van der Waals surface area contributed by atoms with Crippen LogP contribution in [0.15, 0.2) is 0 Å². The van der Waals surface area contributed by atoms with Crippen LogP contribution in [-0.2, 0) is 0 Å². The van der Waals surface area contributed by atoms with E-state index < -0.39 is 23.8 Å². The molecule has 0 bridgehead atoms. The fraction of sp³-hybridized carbons (Fsp3) is 1.00. The van der Waals surface area contributed by atoms with Gasteiger partial charge in [-0.1, -0.05) is 0 Å². The van der Waals surface area contributed by atoms with E-state index in [1.165, 1.54) is 0 Å². The molecule has 0 saturated heterocycles. The summed E-state index contributed by atoms with van der Waals surface area (Å²) in [6.07, 6.45) is 0. The van der Waals surface area contributed by atoms with Crippen LogP contribution in [0, 0.1) is 0 Å². The van der Waals surface area contributed by atoms with Crippen LogP contribution in [0.25, 0.3) is 0 Å². The molecule has 0 nitrogen and oxygen atoms in total. The van der Waals surface area contributed by atoms with Gasteiger partial charge in [0.15, 0.2) is 0 Å². The third-order valence-corrected chi connectivity index (χ3v) is 111. The van der Waals surface area contributed by atoms with Crippen molar-refractivity contribution in [2.75, 3.05) is 0 Å². The van der Waals surface area contributed by atoms with Crippen molar-refractivity contribution in [1.29, 1.82) is 0 Å². The third-order valence-electron chi connectivity index (χ3n) is 10.2. The van der Waals surface area contributed by atoms with Crippen molar-refractivity contribution >= 4 is 523 Å². The minimum absolute atomic E-state index is 0. The minimum Gasteiger partial charge on any atom is -1.00 e. The van der Waals surface area contributed by atoms with Crippen LogP contribution in [-0.4, -0.2) is 113 Å². The van der Waals surface area contributed by atoms with Gasteiger partial charge in [-0.25, -0.2) is 0 Å². The first-order valence-corrected chi connectivity index (χ1v) is 120. The quantitative estimate of drug-likeness (QED) is 0.0821. The van der Waals surface area contributed by atoms with Gasteiger partial charge >= 0.3 is 384 Å². The molecule has 0 spiro atoms. The minimum atomic E-state index is -0.644. The van der Waals surface area contributed by atoms with Crippen LogP contribution in [0.5, 0.6) is 0 Å². The maximum atomic E-state index is 2.66. The van der Waals surface area contributed by atoms with Crippen molar-refractivity contribution in [2.45, 2.75) is 234 Å². The van der Waals surface area contributed by atoms with E-state index in [9.17, 15) is 0 Å². The molecule has 72 heavy (non-hydrogen) atoms. The second kappa shape index (κ2) is 109. The Kier molecular flexibility index (Phi) is 215. The first kappa shape index (κ1) is 143. The molecule has 0 saturated carbocycles. The Hall–Kier alpha value is 24.2. The van der Waals surface area contributed by atoms with Crippen LogP contribution >= 0.6 is 478 Å². The van der Waals surface area contributed by atoms with Crippen LogP contribution in [0.1, 0.15) is 166 Å². The zero-order valence-electron chi connectivity index (χ0n) is 44.9. The van der Waals surface area contributed by atoms with E-state index in [4.69, 9.17) is 0 Å². The van der Waals surface area contributed by atoms with Gasteiger partial charge in [-0.3, -0.25) is 0 Å². The van der Waals surface area contributed by atoms with Gasteiger partial charge < -0.3 is 95.9 Å². The van der Waals surface area contributed by atoms with Crippen LogP contribution in [0.4, 0.5) is 0 Å². The van der Waals surface area contributed by atoms with E-state index in [-0.39, 0.29) is 95.9 Å². The molecule has 0 atom stereocenters. The molecule has 0 amide bonds. The smallest absolute Gasteiger partial charge is 0 e. The summed E-state index contributed by atoms with van der Waals surface area (Å²) in [7, 11) is 0. The van der Waals surface area contributed by atoms with Crippen LogP contribution in [0.2, 0.25) is 0 Å². The molecule has 0 unspecified atom stereocenters. The third kappa shape index (κ3) is 69.9. The normalized spacial score (nSPS) is 9.83. The summed E-state index contributed by atoms with van der Waals surface area (Å²) in [5.74, 6) is -2.57. The van der Waals surface area contributed by atoms with Crippen molar-refractivity contribution in [1.82, 2.24) is 0 Å². The molecule has 468 valence electrons. The van der Waals surface area contributed by atoms with E-state index in [1.807, 2.05) is 0 Å². The Morgan fingerprint density at radius 1 is 0.167 bits per heavy atom. The summed E-state index contributed by atoms with van der Waals surface area (Å²) < 4.78 is 0. The average Bonchev–Trinajstić information content (AvgIpc) is 3.31. The molecule has 0 radical (unpaired) electrons. The predicted molar refractivity (Wildman–Crippen MR) is 569 cm³/mol. The average molecular weight is 4510 g/mol. The largest absolute Gasteiger partial charge is 1.00 e. The molecule has 0 aromatic rings. The zero-order valence-corrected chi connectivity index (χ0v) is 116. The number of hydrogen-bond acceptors (Lipinski definition) is 0. The van der Waals surface area contributed by atoms with Crippen molar-refractivity contribution < 1.29 is 95.9 Å². The number of halogens is 28. The molecule has 0 aromatic carbocycles. The Morgan fingerprint density at radius 3 is 0.208 bits per heavy atom. The molecule has 0 heterocycles. The summed E-state index contributed by atoms with van der Waals surface area (Å²) in [4.78, 5) is 0. The Morgan fingerprint density at radius 2 is 0.208 bits per heavy atom. The number of rotatable bonds is 16. The fourth-order valence-electron chi connectivity index (χ4n) is 8.11. The van der Waals surface area contributed by atoms with E-state index in [0.29, 0.717) is 0 Å². The van der Waals surface area contributed by atoms with Crippen LogP contribution < -0.4 is 95.9 Å². The van der Waals surface area contributed by atoms with E-state index in [1.54, 1.807) is 0 Å². The van der Waals surface area contributed by atoms with Crippen molar-refractivity contribution in [3.63, 3.8) is 0 Å². The zero-order chi connectivity index (χ0) is 59.8. The molecule has 0 rings (SSSR count). The van der Waals surface area contributed by atoms with Gasteiger partial charge in [-0.15, -0.1) is 0 Å². The summed E-state index contributed by atoms with van der Waals surface area (Å²) in [5, 5.41) is 0. The topological polar surface area (TPSA) is 0 Å². The maximum absolute atomic E-state index is 2.66. The predicted octanol–water partition coefficient (Wildman–Crippen LogP) is 22.5. The van der Waals surface area contributed by atoms with Gasteiger partial charge in [-0.05, 0) is 0 Å². The SMILES string of the molecule is CC(C)[P+]([Se]I)(C(C)C)C(C)C.CC(C)[P+]([Se]I)(C(C)C)C(C)C.CC(C)[P+]([Se]I)(C(C)C)C(C)C.CC(C)[P+]([Se]I)(C(C)C)C(C)C.II.II.II.II.II.II.II.II.II.II.[I-].[I-].[I-].[I-]. The summed E-state index contributed by atoms with van der Waals surface area (Å²) in [5.41, 5.74) is 11.1. The molecular formula is C36H84I28P4Se4. The Balaban J connectivity index is -0.0000000296. The number of hydrogen-bond donors (Lipinski definition) is 0. The molecule has 36 heteroatoms. The second-order valence-electron chi connectivity index (χ2n) is 16.5. The van der Waals surface area contributed by atoms with Gasteiger partial charge in [-0.2, -0.15) is 0 Å². The fourth-order valence-corrected chi connectivity index (χ4v) is 121. The van der Waals surface area contributed by atoms with Gasteiger partial charge in [0.25, 0.3) is 0 Å². The Bertz CT molecular complexity index is 628. The molecule has 0 aromatic heterocycles. The van der Waals surface area contributed by atoms with E-state index in [2.05, 4.69) is 620 Å². The standard InChI is InChI=1S/4C9H21IPSe.10I2.4HI/c4*1-7(2)11(12-10,8(3)4)9(5)6;10*1-2;;;;/h4*7-9H,1-6H3;;;;;;;;;;;4*1H/q4*+1;;;;;;;;;;;;;;/p-4. The summed E-state index contributed by atoms with van der Waals surface area (Å²) in [6, 6.07) is 0. The molecular weight excluding hydrogens is 4430 g/mol. The van der Waals surface area contributed by atoms with Crippen molar-refractivity contribution in [3.05, 3.63) is 0 Å². The van der Waals surface area contributed by atoms with Gasteiger partial charge in [0.1, 0.15) is 0 Å². The molecule has 0 fully saturated rings. The van der Waals surface area contributed by atoms with E-state index >= 15 is 0 Å². The Labute approximate surface area is 826 Å². The first-order chi connectivity index (χ1) is 31.6. The molecule has 0 N–H and O–H groups in total. The first-order valence-electron chi connectivity index (χ1n) is 19.7. The van der Waals surface area contributed by atoms with Gasteiger partial charge in [0.2, 0.25) is 0 Å². The van der Waals surface area contributed by atoms with Crippen molar-refractivity contribution in [2.24, 2.45) is 0 Å². The van der Waals surface area contributed by atoms with Gasteiger partial charge in [0, 0.05) is 372 Å². The molecule has 0 aliphatic rings. The second-order valence-corrected chi connectivity index (χ2v) is 79.5. The molecule has 0 aliphatic heterocycles. The van der Waals surface area contributed by atoms with E-state index in [0.717, 1.165) is 113 Å². The molecule has 0 aliphatic carbocycles.